The predicted molar refractivity (Wildman–Crippen MR) is 92.1 cm³/mol. The van der Waals surface area contributed by atoms with Crippen LogP contribution in [0.2, 0.25) is 0 Å². The molecule has 0 amide bonds. The Morgan fingerprint density at radius 3 is 2.26 bits per heavy atom. The third-order valence-electron chi connectivity index (χ3n) is 5.90. The third-order valence-corrected chi connectivity index (χ3v) is 7.58. The van der Waals surface area contributed by atoms with Crippen LogP contribution < -0.4 is 10.6 Å². The number of sulfone groups is 1. The Kier molecular flexibility index (Phi) is 5.99. The van der Waals surface area contributed by atoms with Crippen LogP contribution in [0.15, 0.2) is 0 Å². The van der Waals surface area contributed by atoms with Crippen LogP contribution in [0.3, 0.4) is 0 Å². The summed E-state index contributed by atoms with van der Waals surface area (Å²) in [6.45, 7) is 1.85. The Balaban J connectivity index is 1.47. The smallest absolute Gasteiger partial charge is 0.150 e. The fourth-order valence-corrected chi connectivity index (χ4v) is 5.60. The fraction of sp³-hybridized carbons (Fsp3) is 1.00. The zero-order chi connectivity index (χ0) is 16.3. The van der Waals surface area contributed by atoms with Gasteiger partial charge in [-0.1, -0.05) is 19.3 Å². The Labute approximate surface area is 140 Å². The van der Waals surface area contributed by atoms with Crippen molar-refractivity contribution in [3.8, 4) is 0 Å². The highest BCUT2D eigenvalue weighted by atomic mass is 32.2. The Morgan fingerprint density at radius 2 is 1.61 bits per heavy atom. The minimum Gasteiger partial charge on any atom is -0.359 e. The fourth-order valence-electron chi connectivity index (χ4n) is 4.47. The van der Waals surface area contributed by atoms with Crippen molar-refractivity contribution in [2.24, 2.45) is 5.92 Å². The molecule has 0 bridgehead atoms. The summed E-state index contributed by atoms with van der Waals surface area (Å²) in [7, 11) is -2.87. The minimum atomic E-state index is -2.87. The topological polar surface area (TPSA) is 67.4 Å². The standard InChI is InChI=1S/C17H32N2O3S/c1-23(20,21)15-9-7-13(8-10-15)16-11-18-12-17(19-16)22-14-5-3-2-4-6-14/h13-19H,2-12H2,1H3. The van der Waals surface area contributed by atoms with Gasteiger partial charge in [0.05, 0.1) is 11.4 Å². The van der Waals surface area contributed by atoms with Gasteiger partial charge in [0.1, 0.15) is 16.1 Å². The molecule has 1 heterocycles. The maximum atomic E-state index is 11.7. The highest BCUT2D eigenvalue weighted by molar-refractivity contribution is 7.91. The van der Waals surface area contributed by atoms with E-state index in [0.29, 0.717) is 18.1 Å². The van der Waals surface area contributed by atoms with Crippen molar-refractivity contribution < 1.29 is 13.2 Å². The van der Waals surface area contributed by atoms with Crippen LogP contribution >= 0.6 is 0 Å². The van der Waals surface area contributed by atoms with E-state index in [9.17, 15) is 8.42 Å². The number of hydrogen-bond acceptors (Lipinski definition) is 5. The number of ether oxygens (including phenoxy) is 1. The molecule has 2 unspecified atom stereocenters. The van der Waals surface area contributed by atoms with Crippen molar-refractivity contribution >= 4 is 9.84 Å². The maximum Gasteiger partial charge on any atom is 0.150 e. The molecule has 0 aromatic carbocycles. The van der Waals surface area contributed by atoms with Crippen molar-refractivity contribution in [2.75, 3.05) is 19.3 Å². The number of hydrogen-bond donors (Lipinski definition) is 2. The van der Waals surface area contributed by atoms with Crippen LogP contribution in [0, 0.1) is 5.92 Å². The van der Waals surface area contributed by atoms with Crippen LogP contribution in [0.25, 0.3) is 0 Å². The lowest BCUT2D eigenvalue weighted by Gasteiger charge is -2.40. The van der Waals surface area contributed by atoms with E-state index in [1.807, 2.05) is 0 Å². The zero-order valence-electron chi connectivity index (χ0n) is 14.3. The normalized spacial score (nSPS) is 37.6. The van der Waals surface area contributed by atoms with Gasteiger partial charge in [-0.25, -0.2) is 8.42 Å². The number of nitrogens with one attached hydrogen (secondary N) is 2. The zero-order valence-corrected chi connectivity index (χ0v) is 15.1. The Morgan fingerprint density at radius 1 is 0.913 bits per heavy atom. The summed E-state index contributed by atoms with van der Waals surface area (Å²) in [5.41, 5.74) is 0. The Bertz CT molecular complexity index is 468. The summed E-state index contributed by atoms with van der Waals surface area (Å²) < 4.78 is 29.6. The summed E-state index contributed by atoms with van der Waals surface area (Å²) in [5.74, 6) is 0.568. The first-order valence-corrected chi connectivity index (χ1v) is 11.3. The van der Waals surface area contributed by atoms with E-state index in [1.165, 1.54) is 38.4 Å². The van der Waals surface area contributed by atoms with E-state index >= 15 is 0 Å². The molecule has 1 saturated heterocycles. The summed E-state index contributed by atoms with van der Waals surface area (Å²) >= 11 is 0. The van der Waals surface area contributed by atoms with Gasteiger partial charge in [0.15, 0.2) is 0 Å². The van der Waals surface area contributed by atoms with E-state index in [2.05, 4.69) is 10.6 Å². The van der Waals surface area contributed by atoms with Gasteiger partial charge in [0.2, 0.25) is 0 Å². The highest BCUT2D eigenvalue weighted by Gasteiger charge is 2.34. The van der Waals surface area contributed by atoms with E-state index < -0.39 is 9.84 Å². The van der Waals surface area contributed by atoms with Crippen LogP contribution in [0.1, 0.15) is 57.8 Å². The molecule has 3 rings (SSSR count). The molecule has 2 N–H and O–H groups in total. The van der Waals surface area contributed by atoms with Gasteiger partial charge >= 0.3 is 0 Å². The van der Waals surface area contributed by atoms with Crippen LogP contribution in [-0.2, 0) is 14.6 Å². The second-order valence-electron chi connectivity index (χ2n) is 7.68. The van der Waals surface area contributed by atoms with Crippen LogP contribution in [-0.4, -0.2) is 51.4 Å². The number of rotatable bonds is 4. The lowest BCUT2D eigenvalue weighted by Crippen LogP contribution is -2.59. The van der Waals surface area contributed by atoms with Crippen LogP contribution in [0.4, 0.5) is 0 Å². The van der Waals surface area contributed by atoms with Gasteiger partial charge in [-0.05, 0) is 44.4 Å². The molecular weight excluding hydrogens is 312 g/mol. The first-order chi connectivity index (χ1) is 11.0. The molecule has 2 atom stereocenters. The molecule has 2 saturated carbocycles. The quantitative estimate of drug-likeness (QED) is 0.814. The predicted octanol–water partition coefficient (Wildman–Crippen LogP) is 1.83. The van der Waals surface area contributed by atoms with E-state index in [1.54, 1.807) is 0 Å². The summed E-state index contributed by atoms with van der Waals surface area (Å²) in [4.78, 5) is 0. The summed E-state index contributed by atoms with van der Waals surface area (Å²) in [6, 6.07) is 0.415. The molecular formula is C17H32N2O3S. The highest BCUT2D eigenvalue weighted by Crippen LogP contribution is 2.31. The van der Waals surface area contributed by atoms with Gasteiger partial charge in [0.25, 0.3) is 0 Å². The van der Waals surface area contributed by atoms with Gasteiger partial charge in [-0.15, -0.1) is 0 Å². The third kappa shape index (κ3) is 4.91. The molecule has 1 aliphatic heterocycles. The van der Waals surface area contributed by atoms with E-state index in [-0.39, 0.29) is 11.5 Å². The molecule has 3 aliphatic rings. The first-order valence-electron chi connectivity index (χ1n) is 9.33. The molecule has 0 radical (unpaired) electrons. The SMILES string of the molecule is CS(=O)(=O)C1CCC(C2CNCC(OC3CCCCC3)N2)CC1. The van der Waals surface area contributed by atoms with Crippen molar-refractivity contribution in [1.82, 2.24) is 10.6 Å². The van der Waals surface area contributed by atoms with E-state index in [4.69, 9.17) is 4.74 Å². The minimum absolute atomic E-state index is 0.115. The van der Waals surface area contributed by atoms with E-state index in [0.717, 1.165) is 38.8 Å². The van der Waals surface area contributed by atoms with Gasteiger partial charge in [0, 0.05) is 25.4 Å². The second kappa shape index (κ2) is 7.81. The lowest BCUT2D eigenvalue weighted by atomic mass is 9.83. The molecule has 0 spiro atoms. The van der Waals surface area contributed by atoms with Crippen molar-refractivity contribution in [2.45, 2.75) is 81.4 Å². The molecule has 3 fully saturated rings. The van der Waals surface area contributed by atoms with Gasteiger partial charge in [-0.3, -0.25) is 5.32 Å². The molecule has 134 valence electrons. The first kappa shape index (κ1) is 17.6. The monoisotopic (exact) mass is 344 g/mol. The molecule has 2 aliphatic carbocycles. The Hall–Kier alpha value is -0.170. The van der Waals surface area contributed by atoms with Gasteiger partial charge < -0.3 is 10.1 Å². The lowest BCUT2D eigenvalue weighted by molar-refractivity contribution is -0.0630. The molecule has 5 nitrogen and oxygen atoms in total. The van der Waals surface area contributed by atoms with Crippen LogP contribution in [0.5, 0.6) is 0 Å². The van der Waals surface area contributed by atoms with Crippen molar-refractivity contribution in [3.63, 3.8) is 0 Å². The molecule has 0 aromatic rings. The summed E-state index contributed by atoms with van der Waals surface area (Å²) in [5, 5.41) is 7.08. The summed E-state index contributed by atoms with van der Waals surface area (Å²) in [6.07, 6.45) is 11.9. The average molecular weight is 345 g/mol. The molecule has 0 aromatic heterocycles. The van der Waals surface area contributed by atoms with Gasteiger partial charge in [-0.2, -0.15) is 0 Å². The molecule has 23 heavy (non-hydrogen) atoms. The molecule has 6 heteroatoms. The maximum absolute atomic E-state index is 11.7. The van der Waals surface area contributed by atoms with Crippen molar-refractivity contribution in [3.05, 3.63) is 0 Å². The van der Waals surface area contributed by atoms with Crippen molar-refractivity contribution in [1.29, 1.82) is 0 Å². The largest absolute Gasteiger partial charge is 0.359 e. The second-order valence-corrected chi connectivity index (χ2v) is 10.0. The number of piperazine rings is 1. The average Bonchev–Trinajstić information content (AvgIpc) is 2.55.